The first-order valence-corrected chi connectivity index (χ1v) is 10.6. The van der Waals surface area contributed by atoms with Crippen molar-refractivity contribution < 1.29 is 13.6 Å². The van der Waals surface area contributed by atoms with Gasteiger partial charge in [-0.3, -0.25) is 9.69 Å². The average Bonchev–Trinajstić information content (AvgIpc) is 3.26. The third-order valence-corrected chi connectivity index (χ3v) is 6.26. The number of anilines is 1. The van der Waals surface area contributed by atoms with Crippen LogP contribution in [0.4, 0.5) is 10.1 Å². The molecule has 1 fully saturated rings. The third-order valence-electron chi connectivity index (χ3n) is 3.98. The predicted molar refractivity (Wildman–Crippen MR) is 117 cm³/mol. The molecule has 3 nitrogen and oxygen atoms in total. The van der Waals surface area contributed by atoms with Crippen LogP contribution in [0.25, 0.3) is 6.08 Å². The Labute approximate surface area is 175 Å². The average molecular weight is 428 g/mol. The molecule has 28 heavy (non-hydrogen) atoms. The van der Waals surface area contributed by atoms with Crippen LogP contribution in [0, 0.1) is 5.82 Å². The van der Waals surface area contributed by atoms with Crippen molar-refractivity contribution in [3.63, 3.8) is 0 Å². The molecule has 2 aromatic carbocycles. The molecular weight excluding hydrogens is 413 g/mol. The van der Waals surface area contributed by atoms with Gasteiger partial charge in [0.05, 0.1) is 10.6 Å². The van der Waals surface area contributed by atoms with Crippen molar-refractivity contribution in [3.05, 3.63) is 88.8 Å². The Hall–Kier alpha value is -2.35. The van der Waals surface area contributed by atoms with Gasteiger partial charge in [0, 0.05) is 11.8 Å². The van der Waals surface area contributed by atoms with Crippen LogP contribution in [0.2, 0.25) is 0 Å². The minimum Gasteiger partial charge on any atom is -0.450 e. The summed E-state index contributed by atoms with van der Waals surface area (Å²) in [5, 5.41) is 0.782. The second-order valence-electron chi connectivity index (χ2n) is 5.92. The van der Waals surface area contributed by atoms with Gasteiger partial charge in [-0.15, -0.1) is 0 Å². The normalized spacial score (nSPS) is 15.6. The number of hydrogen-bond donors (Lipinski definition) is 0. The molecule has 2 heterocycles. The van der Waals surface area contributed by atoms with Crippen LogP contribution < -0.4 is 4.90 Å². The maximum absolute atomic E-state index is 13.1. The number of thioether (sulfide) groups is 2. The fourth-order valence-electron chi connectivity index (χ4n) is 2.63. The van der Waals surface area contributed by atoms with E-state index in [9.17, 15) is 9.18 Å². The molecule has 0 radical (unpaired) electrons. The van der Waals surface area contributed by atoms with Crippen molar-refractivity contribution in [2.24, 2.45) is 0 Å². The van der Waals surface area contributed by atoms with Gasteiger partial charge < -0.3 is 4.42 Å². The summed E-state index contributed by atoms with van der Waals surface area (Å²) < 4.78 is 19.4. The van der Waals surface area contributed by atoms with E-state index >= 15 is 0 Å². The monoisotopic (exact) mass is 427 g/mol. The highest BCUT2D eigenvalue weighted by Crippen LogP contribution is 2.36. The maximum atomic E-state index is 13.1. The first kappa shape index (κ1) is 19.0. The molecule has 0 unspecified atom stereocenters. The van der Waals surface area contributed by atoms with Crippen molar-refractivity contribution in [2.45, 2.75) is 10.8 Å². The van der Waals surface area contributed by atoms with E-state index in [4.69, 9.17) is 16.6 Å². The number of carbonyl (C=O) groups excluding carboxylic acids is 1. The quantitative estimate of drug-likeness (QED) is 0.278. The molecular formula is C21H14FNO2S3. The number of halogens is 1. The number of furan rings is 1. The Kier molecular flexibility index (Phi) is 5.66. The van der Waals surface area contributed by atoms with Crippen LogP contribution in [-0.2, 0) is 10.5 Å². The lowest BCUT2D eigenvalue weighted by Gasteiger charge is -2.14. The number of rotatable bonds is 5. The Morgan fingerprint density at radius 1 is 1.07 bits per heavy atom. The smallest absolute Gasteiger partial charge is 0.270 e. The van der Waals surface area contributed by atoms with Gasteiger partial charge in [-0.1, -0.05) is 66.1 Å². The number of benzene rings is 2. The Bertz CT molecular complexity index is 1050. The molecule has 1 aliphatic rings. The Morgan fingerprint density at radius 2 is 1.82 bits per heavy atom. The zero-order valence-corrected chi connectivity index (χ0v) is 17.0. The van der Waals surface area contributed by atoms with Gasteiger partial charge in [0.2, 0.25) is 0 Å². The molecule has 7 heteroatoms. The molecule has 1 amide bonds. The molecule has 0 saturated carbocycles. The van der Waals surface area contributed by atoms with Gasteiger partial charge in [-0.25, -0.2) is 4.39 Å². The van der Waals surface area contributed by atoms with Crippen molar-refractivity contribution in [1.82, 2.24) is 0 Å². The van der Waals surface area contributed by atoms with Gasteiger partial charge in [-0.05, 0) is 42.0 Å². The molecule has 0 bridgehead atoms. The fourth-order valence-corrected chi connectivity index (χ4v) is 4.73. The first-order valence-electron chi connectivity index (χ1n) is 8.40. The van der Waals surface area contributed by atoms with E-state index in [0.29, 0.717) is 20.7 Å². The zero-order valence-electron chi connectivity index (χ0n) is 14.5. The number of thiocarbonyl (C=S) groups is 1. The van der Waals surface area contributed by atoms with E-state index in [-0.39, 0.29) is 11.7 Å². The second-order valence-corrected chi connectivity index (χ2v) is 8.58. The zero-order chi connectivity index (χ0) is 19.5. The fraction of sp³-hybridized carbons (Fsp3) is 0.0476. The van der Waals surface area contributed by atoms with E-state index in [1.54, 1.807) is 17.8 Å². The largest absolute Gasteiger partial charge is 0.450 e. The summed E-state index contributed by atoms with van der Waals surface area (Å²) in [7, 11) is 0. The van der Waals surface area contributed by atoms with E-state index in [1.165, 1.54) is 46.5 Å². The highest BCUT2D eigenvalue weighted by Gasteiger charge is 2.33. The molecule has 1 aliphatic heterocycles. The molecule has 1 aromatic heterocycles. The summed E-state index contributed by atoms with van der Waals surface area (Å²) >= 11 is 8.12. The summed E-state index contributed by atoms with van der Waals surface area (Å²) in [5.41, 5.74) is 1.76. The van der Waals surface area contributed by atoms with Gasteiger partial charge >= 0.3 is 0 Å². The van der Waals surface area contributed by atoms with Crippen LogP contribution >= 0.6 is 35.7 Å². The van der Waals surface area contributed by atoms with Crippen molar-refractivity contribution in [1.29, 1.82) is 0 Å². The second kappa shape index (κ2) is 8.34. The molecule has 3 aromatic rings. The minimum atomic E-state index is -0.360. The number of amides is 1. The molecule has 0 aliphatic carbocycles. The van der Waals surface area contributed by atoms with E-state index in [1.807, 2.05) is 30.3 Å². The number of carbonyl (C=O) groups is 1. The molecule has 140 valence electrons. The van der Waals surface area contributed by atoms with Crippen LogP contribution in [-0.4, -0.2) is 10.2 Å². The van der Waals surface area contributed by atoms with Gasteiger partial charge in [0.25, 0.3) is 5.91 Å². The van der Waals surface area contributed by atoms with Crippen LogP contribution in [0.1, 0.15) is 11.3 Å². The maximum Gasteiger partial charge on any atom is 0.270 e. The lowest BCUT2D eigenvalue weighted by molar-refractivity contribution is -0.113. The van der Waals surface area contributed by atoms with Gasteiger partial charge in [0.1, 0.15) is 11.6 Å². The number of hydrogen-bond acceptors (Lipinski definition) is 5. The lowest BCUT2D eigenvalue weighted by atomic mass is 10.2. The van der Waals surface area contributed by atoms with Crippen LogP contribution in [0.5, 0.6) is 0 Å². The summed E-state index contributed by atoms with van der Waals surface area (Å²) in [6.07, 6.45) is 1.69. The number of nitrogens with zero attached hydrogens (tertiary/aromatic N) is 1. The van der Waals surface area contributed by atoms with Crippen molar-refractivity contribution in [3.8, 4) is 0 Å². The van der Waals surface area contributed by atoms with Crippen molar-refractivity contribution >= 4 is 57.7 Å². The molecule has 4 rings (SSSR count). The van der Waals surface area contributed by atoms with E-state index in [2.05, 4.69) is 12.1 Å². The van der Waals surface area contributed by atoms with Gasteiger partial charge in [0.15, 0.2) is 9.41 Å². The lowest BCUT2D eigenvalue weighted by Crippen LogP contribution is -2.27. The van der Waals surface area contributed by atoms with Crippen LogP contribution in [0.15, 0.2) is 81.1 Å². The summed E-state index contributed by atoms with van der Waals surface area (Å²) in [4.78, 5) is 14.6. The van der Waals surface area contributed by atoms with Gasteiger partial charge in [-0.2, -0.15) is 0 Å². The third kappa shape index (κ3) is 4.22. The Balaban J connectivity index is 1.47. The SMILES string of the molecule is O=C1C(=Cc2ccc(SCc3ccccc3)o2)SC(=S)N1c1ccc(F)cc1. The van der Waals surface area contributed by atoms with Crippen molar-refractivity contribution in [2.75, 3.05) is 4.90 Å². The summed E-state index contributed by atoms with van der Waals surface area (Å²) in [5.74, 6) is 0.799. The standard InChI is InChI=1S/C21H14FNO2S3/c22-15-6-8-16(9-7-15)23-20(24)18(28-21(23)26)12-17-10-11-19(25-17)27-13-14-4-2-1-3-5-14/h1-12H,13H2. The first-order chi connectivity index (χ1) is 13.6. The summed E-state index contributed by atoms with van der Waals surface area (Å²) in [6.45, 7) is 0. The molecule has 0 atom stereocenters. The molecule has 0 spiro atoms. The molecule has 1 saturated heterocycles. The van der Waals surface area contributed by atoms with Crippen LogP contribution in [0.3, 0.4) is 0 Å². The minimum absolute atomic E-state index is 0.239. The highest BCUT2D eigenvalue weighted by molar-refractivity contribution is 8.27. The summed E-state index contributed by atoms with van der Waals surface area (Å²) in [6, 6.07) is 19.5. The highest BCUT2D eigenvalue weighted by atomic mass is 32.2. The predicted octanol–water partition coefficient (Wildman–Crippen LogP) is 6.12. The Morgan fingerprint density at radius 3 is 2.57 bits per heavy atom. The van der Waals surface area contributed by atoms with E-state index in [0.717, 1.165) is 10.8 Å². The molecule has 0 N–H and O–H groups in total. The topological polar surface area (TPSA) is 33.5 Å². The van der Waals surface area contributed by atoms with E-state index < -0.39 is 0 Å².